The summed E-state index contributed by atoms with van der Waals surface area (Å²) in [6.45, 7) is 1.76. The summed E-state index contributed by atoms with van der Waals surface area (Å²) in [5.74, 6) is -0.314. The number of hydrogen-bond donors (Lipinski definition) is 2. The minimum absolute atomic E-state index is 0.233. The molecule has 0 bridgehead atoms. The molecule has 1 fully saturated rings. The van der Waals surface area contributed by atoms with Crippen molar-refractivity contribution in [3.8, 4) is 0 Å². The smallest absolute Gasteiger partial charge is 0.321 e. The number of fused-ring (bicyclic) bond motifs is 1. The van der Waals surface area contributed by atoms with E-state index >= 15 is 0 Å². The number of aromatic nitrogens is 2. The van der Waals surface area contributed by atoms with Crippen molar-refractivity contribution in [3.05, 3.63) is 30.6 Å². The van der Waals surface area contributed by atoms with Gasteiger partial charge in [-0.15, -0.1) is 0 Å². The maximum absolute atomic E-state index is 12.0. The largest absolute Gasteiger partial charge is 0.335 e. The molecule has 0 aromatic carbocycles. The Kier molecular flexibility index (Phi) is 3.83. The lowest BCUT2D eigenvalue weighted by Crippen LogP contribution is -2.43. The lowest BCUT2D eigenvalue weighted by Gasteiger charge is -2.11. The zero-order chi connectivity index (χ0) is 14.8. The molecule has 1 aliphatic carbocycles. The van der Waals surface area contributed by atoms with Crippen molar-refractivity contribution >= 4 is 29.2 Å². The van der Waals surface area contributed by atoms with Gasteiger partial charge in [0, 0.05) is 12.2 Å². The second-order valence-corrected chi connectivity index (χ2v) is 6.34. The van der Waals surface area contributed by atoms with E-state index in [4.69, 9.17) is 0 Å². The molecule has 2 aromatic heterocycles. The van der Waals surface area contributed by atoms with Crippen LogP contribution < -0.4 is 10.6 Å². The molecule has 3 rings (SSSR count). The number of rotatable bonds is 4. The van der Waals surface area contributed by atoms with E-state index in [1.165, 1.54) is 11.8 Å². The molecule has 1 unspecified atom stereocenters. The molecule has 7 heteroatoms. The van der Waals surface area contributed by atoms with Crippen molar-refractivity contribution < 1.29 is 9.59 Å². The number of nitrogens with zero attached hydrogens (tertiary/aromatic N) is 2. The molecule has 1 aliphatic rings. The van der Waals surface area contributed by atoms with Gasteiger partial charge >= 0.3 is 6.03 Å². The summed E-state index contributed by atoms with van der Waals surface area (Å²) >= 11 is 1.32. The summed E-state index contributed by atoms with van der Waals surface area (Å²) < 4.78 is 1.92. The molecule has 0 radical (unpaired) electrons. The highest BCUT2D eigenvalue weighted by Crippen LogP contribution is 2.23. The average Bonchev–Trinajstić information content (AvgIpc) is 3.18. The summed E-state index contributed by atoms with van der Waals surface area (Å²) in [7, 11) is 0. The first kappa shape index (κ1) is 13.9. The predicted octanol–water partition coefficient (Wildman–Crippen LogP) is 1.80. The Labute approximate surface area is 126 Å². The SMILES string of the molecule is CC(Sc1ncc2ccccn12)C(=O)NC(=O)NC1CC1. The van der Waals surface area contributed by atoms with Crippen LogP contribution in [-0.4, -0.2) is 32.6 Å². The Morgan fingerprint density at radius 2 is 2.24 bits per heavy atom. The highest BCUT2D eigenvalue weighted by Gasteiger charge is 2.25. The van der Waals surface area contributed by atoms with Gasteiger partial charge in [0.1, 0.15) is 0 Å². The van der Waals surface area contributed by atoms with Gasteiger partial charge in [0.25, 0.3) is 0 Å². The summed E-state index contributed by atoms with van der Waals surface area (Å²) in [4.78, 5) is 27.8. The van der Waals surface area contributed by atoms with Gasteiger partial charge in [-0.2, -0.15) is 0 Å². The van der Waals surface area contributed by atoms with Gasteiger partial charge in [0.15, 0.2) is 5.16 Å². The number of carbonyl (C=O) groups is 2. The Balaban J connectivity index is 1.60. The van der Waals surface area contributed by atoms with Crippen LogP contribution in [0.5, 0.6) is 0 Å². The molecule has 0 spiro atoms. The van der Waals surface area contributed by atoms with Crippen molar-refractivity contribution in [2.24, 2.45) is 0 Å². The number of carbonyl (C=O) groups excluding carboxylic acids is 2. The Morgan fingerprint density at radius 1 is 1.43 bits per heavy atom. The molecule has 1 saturated carbocycles. The summed E-state index contributed by atoms with van der Waals surface area (Å²) in [5.41, 5.74) is 0.971. The first-order chi connectivity index (χ1) is 10.1. The molecule has 21 heavy (non-hydrogen) atoms. The molecule has 2 heterocycles. The monoisotopic (exact) mass is 304 g/mol. The van der Waals surface area contributed by atoms with Gasteiger partial charge in [0.2, 0.25) is 5.91 Å². The van der Waals surface area contributed by atoms with Crippen molar-refractivity contribution in [1.29, 1.82) is 0 Å². The molecular formula is C14H16N4O2S. The van der Waals surface area contributed by atoms with E-state index < -0.39 is 11.3 Å². The Bertz CT molecular complexity index is 680. The second-order valence-electron chi connectivity index (χ2n) is 5.03. The second kappa shape index (κ2) is 5.77. The maximum Gasteiger partial charge on any atom is 0.321 e. The summed E-state index contributed by atoms with van der Waals surface area (Å²) in [6, 6.07) is 5.61. The molecule has 1 atom stereocenters. The first-order valence-corrected chi connectivity index (χ1v) is 7.71. The van der Waals surface area contributed by atoms with Crippen LogP contribution in [0.3, 0.4) is 0 Å². The third kappa shape index (κ3) is 3.36. The predicted molar refractivity (Wildman–Crippen MR) is 80.2 cm³/mol. The normalized spacial score (nSPS) is 15.7. The fourth-order valence-corrected chi connectivity index (χ4v) is 2.76. The first-order valence-electron chi connectivity index (χ1n) is 6.83. The number of hydrogen-bond acceptors (Lipinski definition) is 4. The van der Waals surface area contributed by atoms with Gasteiger partial charge in [-0.3, -0.25) is 14.5 Å². The standard InChI is InChI=1S/C14H16N4O2S/c1-9(12(19)17-13(20)16-10-5-6-10)21-14-15-8-11-4-2-3-7-18(11)14/h2-4,7-10H,5-6H2,1H3,(H2,16,17,19,20). The third-order valence-corrected chi connectivity index (χ3v) is 4.29. The van der Waals surface area contributed by atoms with Crippen molar-refractivity contribution in [2.45, 2.75) is 36.2 Å². The van der Waals surface area contributed by atoms with Crippen molar-refractivity contribution in [1.82, 2.24) is 20.0 Å². The fraction of sp³-hybridized carbons (Fsp3) is 0.357. The van der Waals surface area contributed by atoms with Crippen LogP contribution in [0.25, 0.3) is 5.52 Å². The highest BCUT2D eigenvalue weighted by atomic mass is 32.2. The number of amides is 3. The van der Waals surface area contributed by atoms with E-state index in [0.717, 1.165) is 23.5 Å². The van der Waals surface area contributed by atoms with E-state index in [-0.39, 0.29) is 11.9 Å². The fourth-order valence-electron chi connectivity index (χ4n) is 1.88. The minimum Gasteiger partial charge on any atom is -0.335 e. The third-order valence-electron chi connectivity index (χ3n) is 3.21. The van der Waals surface area contributed by atoms with Crippen LogP contribution in [0, 0.1) is 0 Å². The van der Waals surface area contributed by atoms with Gasteiger partial charge in [-0.25, -0.2) is 9.78 Å². The van der Waals surface area contributed by atoms with Crippen molar-refractivity contribution in [3.63, 3.8) is 0 Å². The van der Waals surface area contributed by atoms with Crippen molar-refractivity contribution in [2.75, 3.05) is 0 Å². The van der Waals surface area contributed by atoms with Crippen LogP contribution in [-0.2, 0) is 4.79 Å². The summed E-state index contributed by atoms with van der Waals surface area (Å²) in [6.07, 6.45) is 5.64. The van der Waals surface area contributed by atoms with Gasteiger partial charge in [-0.1, -0.05) is 17.8 Å². The number of pyridine rings is 1. The molecule has 6 nitrogen and oxygen atoms in total. The zero-order valence-electron chi connectivity index (χ0n) is 11.6. The molecule has 2 N–H and O–H groups in total. The van der Waals surface area contributed by atoms with Gasteiger partial charge in [0.05, 0.1) is 17.0 Å². The van der Waals surface area contributed by atoms with E-state index in [2.05, 4.69) is 15.6 Å². The van der Waals surface area contributed by atoms with Gasteiger partial charge in [-0.05, 0) is 31.9 Å². The number of thioether (sulfide) groups is 1. The molecule has 0 saturated heterocycles. The Hall–Kier alpha value is -2.02. The van der Waals surface area contributed by atoms with E-state index in [0.29, 0.717) is 0 Å². The summed E-state index contributed by atoms with van der Waals surface area (Å²) in [5, 5.41) is 5.42. The number of urea groups is 1. The number of nitrogens with one attached hydrogen (secondary N) is 2. The lowest BCUT2D eigenvalue weighted by atomic mass is 10.4. The average molecular weight is 304 g/mol. The Morgan fingerprint density at radius 3 is 3.00 bits per heavy atom. The van der Waals surface area contributed by atoms with Crippen LogP contribution in [0.2, 0.25) is 0 Å². The molecule has 0 aliphatic heterocycles. The van der Waals surface area contributed by atoms with Crippen LogP contribution in [0.15, 0.2) is 35.7 Å². The van der Waals surface area contributed by atoms with Gasteiger partial charge < -0.3 is 5.32 Å². The molecule has 3 amide bonds. The van der Waals surface area contributed by atoms with Crippen LogP contribution in [0.4, 0.5) is 4.79 Å². The number of imidazole rings is 1. The molecule has 110 valence electrons. The van der Waals surface area contributed by atoms with E-state index in [1.54, 1.807) is 13.1 Å². The highest BCUT2D eigenvalue weighted by molar-refractivity contribution is 8.00. The molecule has 2 aromatic rings. The molecular weight excluding hydrogens is 288 g/mol. The quantitative estimate of drug-likeness (QED) is 0.845. The van der Waals surface area contributed by atoms with Crippen LogP contribution >= 0.6 is 11.8 Å². The lowest BCUT2D eigenvalue weighted by molar-refractivity contribution is -0.119. The van der Waals surface area contributed by atoms with E-state index in [1.807, 2.05) is 28.8 Å². The van der Waals surface area contributed by atoms with Crippen LogP contribution in [0.1, 0.15) is 19.8 Å². The van der Waals surface area contributed by atoms with E-state index in [9.17, 15) is 9.59 Å². The topological polar surface area (TPSA) is 75.5 Å². The minimum atomic E-state index is -0.414. The zero-order valence-corrected chi connectivity index (χ0v) is 12.4. The maximum atomic E-state index is 12.0. The number of imide groups is 1.